The molecule has 13 heavy (non-hydrogen) atoms. The normalized spacial score (nSPS) is 8.46. The second kappa shape index (κ2) is 8.87. The fourth-order valence-electron chi connectivity index (χ4n) is 0.650. The number of carbonyl (C=O) groups is 1. The molecule has 0 unspecified atom stereocenters. The zero-order chi connectivity index (χ0) is 9.94. The third-order valence-electron chi connectivity index (χ3n) is 1.23. The van der Waals surface area contributed by atoms with E-state index in [9.17, 15) is 4.79 Å². The van der Waals surface area contributed by atoms with Crippen LogP contribution in [0.4, 0.5) is 0 Å². The average molecular weight is 181 g/mol. The van der Waals surface area contributed by atoms with Crippen LogP contribution in [0.1, 0.15) is 23.7 Å². The standard InChI is InChI=1S/C6H5NO.C4H10O/c8-5-6-2-1-3-7-4-6;1-3-4-5-2/h1-5H;3-4H2,1-2H3. The zero-order valence-electron chi connectivity index (χ0n) is 8.06. The van der Waals surface area contributed by atoms with Crippen molar-refractivity contribution in [3.8, 4) is 0 Å². The zero-order valence-corrected chi connectivity index (χ0v) is 8.06. The molecule has 0 atom stereocenters. The number of hydrogen-bond acceptors (Lipinski definition) is 3. The molecular formula is C10H15NO2. The van der Waals surface area contributed by atoms with Crippen LogP contribution in [0.3, 0.4) is 0 Å². The fraction of sp³-hybridized carbons (Fsp3) is 0.400. The molecule has 0 bridgehead atoms. The maximum absolute atomic E-state index is 9.97. The number of pyridine rings is 1. The van der Waals surface area contributed by atoms with Crippen LogP contribution in [0.25, 0.3) is 0 Å². The Balaban J connectivity index is 0.000000252. The highest BCUT2D eigenvalue weighted by molar-refractivity contribution is 5.73. The number of ether oxygens (including phenoxy) is 1. The first-order valence-electron chi connectivity index (χ1n) is 4.19. The number of aldehydes is 1. The summed E-state index contributed by atoms with van der Waals surface area (Å²) in [7, 11) is 1.71. The Morgan fingerprint density at radius 3 is 2.62 bits per heavy atom. The minimum Gasteiger partial charge on any atom is -0.385 e. The monoisotopic (exact) mass is 181 g/mol. The summed E-state index contributed by atoms with van der Waals surface area (Å²) in [6, 6.07) is 3.43. The van der Waals surface area contributed by atoms with Crippen molar-refractivity contribution in [1.82, 2.24) is 4.98 Å². The summed E-state index contributed by atoms with van der Waals surface area (Å²) in [5.74, 6) is 0. The van der Waals surface area contributed by atoms with Crippen LogP contribution in [0.5, 0.6) is 0 Å². The molecule has 0 N–H and O–H groups in total. The molecule has 0 fully saturated rings. The summed E-state index contributed by atoms with van der Waals surface area (Å²) in [6.07, 6.45) is 5.05. The molecule has 0 amide bonds. The molecule has 0 aliphatic carbocycles. The number of methoxy groups -OCH3 is 1. The molecule has 1 heterocycles. The quantitative estimate of drug-likeness (QED) is 0.669. The summed E-state index contributed by atoms with van der Waals surface area (Å²) in [4.78, 5) is 13.7. The van der Waals surface area contributed by atoms with Crippen LogP contribution < -0.4 is 0 Å². The van der Waals surface area contributed by atoms with Crippen molar-refractivity contribution in [2.24, 2.45) is 0 Å². The van der Waals surface area contributed by atoms with Crippen molar-refractivity contribution < 1.29 is 9.53 Å². The maximum atomic E-state index is 9.97. The van der Waals surface area contributed by atoms with E-state index in [4.69, 9.17) is 4.74 Å². The van der Waals surface area contributed by atoms with Gasteiger partial charge in [0.1, 0.15) is 0 Å². The lowest BCUT2D eigenvalue weighted by Crippen LogP contribution is -1.80. The Labute approximate surface area is 78.8 Å². The molecule has 0 saturated carbocycles. The number of aromatic nitrogens is 1. The minimum absolute atomic E-state index is 0.618. The molecule has 1 aromatic rings. The Morgan fingerprint density at radius 2 is 2.38 bits per heavy atom. The predicted octanol–water partition coefficient (Wildman–Crippen LogP) is 1.94. The third kappa shape index (κ3) is 7.15. The number of rotatable bonds is 3. The van der Waals surface area contributed by atoms with E-state index in [0.29, 0.717) is 5.56 Å². The first kappa shape index (κ1) is 11.8. The molecule has 0 saturated heterocycles. The van der Waals surface area contributed by atoms with Crippen molar-refractivity contribution >= 4 is 6.29 Å². The Bertz CT molecular complexity index is 209. The lowest BCUT2D eigenvalue weighted by molar-refractivity contribution is 0.112. The molecule has 3 heteroatoms. The Hall–Kier alpha value is -1.22. The Kier molecular flexibility index (Phi) is 8.04. The van der Waals surface area contributed by atoms with Gasteiger partial charge in [-0.1, -0.05) is 6.92 Å². The van der Waals surface area contributed by atoms with Gasteiger partial charge in [-0.2, -0.15) is 0 Å². The number of nitrogens with zero attached hydrogens (tertiary/aromatic N) is 1. The highest BCUT2D eigenvalue weighted by atomic mass is 16.5. The molecule has 72 valence electrons. The van der Waals surface area contributed by atoms with Crippen molar-refractivity contribution in [3.63, 3.8) is 0 Å². The molecule has 0 aromatic carbocycles. The molecule has 1 aromatic heterocycles. The summed E-state index contributed by atoms with van der Waals surface area (Å²) >= 11 is 0. The van der Waals surface area contributed by atoms with E-state index in [-0.39, 0.29) is 0 Å². The number of hydrogen-bond donors (Lipinski definition) is 0. The van der Waals surface area contributed by atoms with Gasteiger partial charge in [-0.3, -0.25) is 9.78 Å². The van der Waals surface area contributed by atoms with Gasteiger partial charge in [0.2, 0.25) is 0 Å². The SMILES string of the molecule is CCCOC.O=Cc1cccnc1. The van der Waals surface area contributed by atoms with Crippen molar-refractivity contribution in [1.29, 1.82) is 0 Å². The molecule has 0 aliphatic heterocycles. The summed E-state index contributed by atoms with van der Waals surface area (Å²) < 4.78 is 4.69. The van der Waals surface area contributed by atoms with Crippen LogP contribution in [0.15, 0.2) is 24.5 Å². The fourth-order valence-corrected chi connectivity index (χ4v) is 0.650. The van der Waals surface area contributed by atoms with Crippen molar-refractivity contribution in [2.45, 2.75) is 13.3 Å². The Morgan fingerprint density at radius 1 is 1.62 bits per heavy atom. The molecular weight excluding hydrogens is 166 g/mol. The lowest BCUT2D eigenvalue weighted by atomic mass is 10.3. The van der Waals surface area contributed by atoms with Crippen LogP contribution in [-0.2, 0) is 4.74 Å². The van der Waals surface area contributed by atoms with Gasteiger partial charge in [-0.05, 0) is 18.6 Å². The van der Waals surface area contributed by atoms with Gasteiger partial charge in [-0.15, -0.1) is 0 Å². The van der Waals surface area contributed by atoms with E-state index in [1.54, 1.807) is 25.4 Å². The smallest absolute Gasteiger partial charge is 0.151 e. The van der Waals surface area contributed by atoms with Gasteiger partial charge in [0, 0.05) is 31.7 Å². The second-order valence-corrected chi connectivity index (χ2v) is 2.40. The first-order valence-corrected chi connectivity index (χ1v) is 4.19. The van der Waals surface area contributed by atoms with Gasteiger partial charge in [0.25, 0.3) is 0 Å². The van der Waals surface area contributed by atoms with Crippen LogP contribution in [-0.4, -0.2) is 25.0 Å². The van der Waals surface area contributed by atoms with E-state index in [1.807, 2.05) is 0 Å². The van der Waals surface area contributed by atoms with E-state index in [1.165, 1.54) is 6.20 Å². The molecule has 0 radical (unpaired) electrons. The van der Waals surface area contributed by atoms with Gasteiger partial charge < -0.3 is 4.74 Å². The van der Waals surface area contributed by atoms with Crippen LogP contribution in [0.2, 0.25) is 0 Å². The lowest BCUT2D eigenvalue weighted by Gasteiger charge is -1.84. The van der Waals surface area contributed by atoms with Gasteiger partial charge >= 0.3 is 0 Å². The highest BCUT2D eigenvalue weighted by Gasteiger charge is 1.81. The van der Waals surface area contributed by atoms with E-state index in [2.05, 4.69) is 11.9 Å². The summed E-state index contributed by atoms with van der Waals surface area (Å²) in [6.45, 7) is 2.98. The first-order chi connectivity index (χ1) is 6.35. The number of carbonyl (C=O) groups excluding carboxylic acids is 1. The highest BCUT2D eigenvalue weighted by Crippen LogP contribution is 1.87. The van der Waals surface area contributed by atoms with E-state index in [0.717, 1.165) is 19.3 Å². The predicted molar refractivity (Wildman–Crippen MR) is 51.8 cm³/mol. The van der Waals surface area contributed by atoms with Crippen LogP contribution >= 0.6 is 0 Å². The average Bonchev–Trinajstić information content (AvgIpc) is 2.21. The summed E-state index contributed by atoms with van der Waals surface area (Å²) in [5, 5.41) is 0. The third-order valence-corrected chi connectivity index (χ3v) is 1.23. The van der Waals surface area contributed by atoms with E-state index < -0.39 is 0 Å². The van der Waals surface area contributed by atoms with Gasteiger partial charge in [0.05, 0.1) is 0 Å². The minimum atomic E-state index is 0.618. The molecule has 0 spiro atoms. The molecule has 1 rings (SSSR count). The largest absolute Gasteiger partial charge is 0.385 e. The van der Waals surface area contributed by atoms with Gasteiger partial charge in [-0.25, -0.2) is 0 Å². The van der Waals surface area contributed by atoms with E-state index >= 15 is 0 Å². The van der Waals surface area contributed by atoms with Gasteiger partial charge in [0.15, 0.2) is 6.29 Å². The molecule has 3 nitrogen and oxygen atoms in total. The topological polar surface area (TPSA) is 39.2 Å². The summed E-state index contributed by atoms with van der Waals surface area (Å²) in [5.41, 5.74) is 0.618. The molecule has 0 aliphatic rings. The van der Waals surface area contributed by atoms with Crippen LogP contribution in [0, 0.1) is 0 Å². The second-order valence-electron chi connectivity index (χ2n) is 2.40. The van der Waals surface area contributed by atoms with Crippen molar-refractivity contribution in [3.05, 3.63) is 30.1 Å². The van der Waals surface area contributed by atoms with Crippen molar-refractivity contribution in [2.75, 3.05) is 13.7 Å². The maximum Gasteiger partial charge on any atom is 0.151 e.